The lowest BCUT2D eigenvalue weighted by atomic mass is 10.1. The fraction of sp³-hybridized carbons (Fsp3) is 0.538. The van der Waals surface area contributed by atoms with Gasteiger partial charge in [0.15, 0.2) is 0 Å². The van der Waals surface area contributed by atoms with Crippen molar-refractivity contribution >= 4 is 10.0 Å². The molecule has 2 fully saturated rings. The Morgan fingerprint density at radius 1 is 1.26 bits per heavy atom. The van der Waals surface area contributed by atoms with Crippen LogP contribution in [0, 0.1) is 5.92 Å². The van der Waals surface area contributed by atoms with Crippen molar-refractivity contribution in [1.29, 1.82) is 0 Å². The fourth-order valence-electron chi connectivity index (χ4n) is 2.78. The number of nitrogens with two attached hydrogens (primary N) is 1. The van der Waals surface area contributed by atoms with Gasteiger partial charge in [-0.25, -0.2) is 8.42 Å². The minimum absolute atomic E-state index is 0.0816. The lowest BCUT2D eigenvalue weighted by Crippen LogP contribution is -2.30. The molecule has 0 aromatic heterocycles. The van der Waals surface area contributed by atoms with E-state index in [1.807, 2.05) is 0 Å². The highest BCUT2D eigenvalue weighted by molar-refractivity contribution is 7.89. The van der Waals surface area contributed by atoms with Gasteiger partial charge in [-0.15, -0.1) is 0 Å². The number of ether oxygens (including phenoxy) is 1. The van der Waals surface area contributed by atoms with Crippen molar-refractivity contribution in [3.8, 4) is 0 Å². The van der Waals surface area contributed by atoms with Gasteiger partial charge in [0.05, 0.1) is 11.0 Å². The third-order valence-electron chi connectivity index (χ3n) is 3.96. The largest absolute Gasteiger partial charge is 0.376 e. The average Bonchev–Trinajstić information content (AvgIpc) is 2.99. The maximum atomic E-state index is 12.5. The number of sulfonamides is 1. The summed E-state index contributed by atoms with van der Waals surface area (Å²) in [5, 5.41) is 0. The molecule has 3 rings (SSSR count). The third kappa shape index (κ3) is 2.29. The zero-order valence-electron chi connectivity index (χ0n) is 10.7. The van der Waals surface area contributed by atoms with Gasteiger partial charge in [0.1, 0.15) is 0 Å². The highest BCUT2D eigenvalue weighted by atomic mass is 32.2. The minimum atomic E-state index is -3.39. The van der Waals surface area contributed by atoms with Crippen molar-refractivity contribution in [3.05, 3.63) is 29.8 Å². The Kier molecular flexibility index (Phi) is 3.34. The van der Waals surface area contributed by atoms with Crippen LogP contribution in [0.15, 0.2) is 29.2 Å². The number of hydrogen-bond donors (Lipinski definition) is 1. The Hall–Kier alpha value is -0.950. The smallest absolute Gasteiger partial charge is 0.243 e. The van der Waals surface area contributed by atoms with E-state index in [1.54, 1.807) is 28.6 Å². The Bertz CT molecular complexity index is 544. The van der Waals surface area contributed by atoms with Crippen molar-refractivity contribution in [2.45, 2.75) is 24.0 Å². The summed E-state index contributed by atoms with van der Waals surface area (Å²) < 4.78 is 32.1. The van der Waals surface area contributed by atoms with Gasteiger partial charge < -0.3 is 10.5 Å². The van der Waals surface area contributed by atoms with Crippen LogP contribution >= 0.6 is 0 Å². The zero-order chi connectivity index (χ0) is 13.5. The summed E-state index contributed by atoms with van der Waals surface area (Å²) >= 11 is 0. The van der Waals surface area contributed by atoms with E-state index >= 15 is 0 Å². The van der Waals surface area contributed by atoms with Crippen LogP contribution in [-0.2, 0) is 21.3 Å². The predicted molar refractivity (Wildman–Crippen MR) is 70.9 cm³/mol. The Morgan fingerprint density at radius 2 is 2.00 bits per heavy atom. The second kappa shape index (κ2) is 4.86. The normalized spacial score (nSPS) is 27.6. The van der Waals surface area contributed by atoms with Crippen molar-refractivity contribution in [3.63, 3.8) is 0 Å². The van der Waals surface area contributed by atoms with Gasteiger partial charge in [-0.05, 0) is 24.1 Å². The Balaban J connectivity index is 1.82. The molecule has 2 N–H and O–H groups in total. The first-order chi connectivity index (χ1) is 9.11. The number of benzene rings is 1. The molecule has 5 nitrogen and oxygen atoms in total. The van der Waals surface area contributed by atoms with Crippen molar-refractivity contribution in [2.75, 3.05) is 19.7 Å². The van der Waals surface area contributed by atoms with Crippen LogP contribution in [0.25, 0.3) is 0 Å². The highest BCUT2D eigenvalue weighted by Gasteiger charge is 2.42. The topological polar surface area (TPSA) is 72.6 Å². The second-order valence-electron chi connectivity index (χ2n) is 5.13. The predicted octanol–water partition coefficient (Wildman–Crippen LogP) is 0.555. The van der Waals surface area contributed by atoms with E-state index in [2.05, 4.69) is 0 Å². The van der Waals surface area contributed by atoms with E-state index in [0.717, 1.165) is 18.6 Å². The summed E-state index contributed by atoms with van der Waals surface area (Å²) in [7, 11) is -3.39. The molecule has 0 amide bonds. The molecule has 19 heavy (non-hydrogen) atoms. The first-order valence-electron chi connectivity index (χ1n) is 6.52. The number of rotatable bonds is 3. The van der Waals surface area contributed by atoms with E-state index in [9.17, 15) is 8.42 Å². The number of nitrogens with zero attached hydrogens (tertiary/aromatic N) is 1. The summed E-state index contributed by atoms with van der Waals surface area (Å²) in [5.74, 6) is 0.359. The fourth-order valence-corrected chi connectivity index (χ4v) is 4.29. The van der Waals surface area contributed by atoms with Gasteiger partial charge in [-0.2, -0.15) is 4.31 Å². The quantitative estimate of drug-likeness (QED) is 0.879. The maximum Gasteiger partial charge on any atom is 0.243 e. The van der Waals surface area contributed by atoms with Crippen LogP contribution in [0.4, 0.5) is 0 Å². The molecule has 0 saturated carbocycles. The van der Waals surface area contributed by atoms with Gasteiger partial charge in [0.25, 0.3) is 0 Å². The van der Waals surface area contributed by atoms with Crippen LogP contribution in [0.2, 0.25) is 0 Å². The molecule has 1 aromatic carbocycles. The summed E-state index contributed by atoms with van der Waals surface area (Å²) in [6, 6.07) is 6.79. The molecule has 2 aliphatic heterocycles. The molecular weight excluding hydrogens is 264 g/mol. The van der Waals surface area contributed by atoms with Crippen LogP contribution in [0.1, 0.15) is 12.0 Å². The summed E-state index contributed by atoms with van der Waals surface area (Å²) in [5.41, 5.74) is 6.45. The first kappa shape index (κ1) is 13.1. The second-order valence-corrected chi connectivity index (χ2v) is 7.07. The van der Waals surface area contributed by atoms with E-state index in [-0.39, 0.29) is 6.10 Å². The lowest BCUT2D eigenvalue weighted by molar-refractivity contribution is 0.107. The van der Waals surface area contributed by atoms with Crippen molar-refractivity contribution < 1.29 is 13.2 Å². The minimum Gasteiger partial charge on any atom is -0.376 e. The molecular formula is C13H18N2O3S. The van der Waals surface area contributed by atoms with Crippen molar-refractivity contribution in [2.24, 2.45) is 11.7 Å². The van der Waals surface area contributed by atoms with E-state index in [4.69, 9.17) is 10.5 Å². The SMILES string of the molecule is NCc1ccc(S(=O)(=O)N2CC3CCOC3C2)cc1. The molecule has 0 radical (unpaired) electrons. The standard InChI is InChI=1S/C13H18N2O3S/c14-7-10-1-3-12(4-2-10)19(16,17)15-8-11-5-6-18-13(11)9-15/h1-4,11,13H,5-9,14H2. The summed E-state index contributed by atoms with van der Waals surface area (Å²) in [6.45, 7) is 2.23. The first-order valence-corrected chi connectivity index (χ1v) is 7.96. The lowest BCUT2D eigenvalue weighted by Gasteiger charge is -2.17. The molecule has 2 saturated heterocycles. The third-order valence-corrected chi connectivity index (χ3v) is 5.81. The monoisotopic (exact) mass is 282 g/mol. The molecule has 2 unspecified atom stereocenters. The molecule has 1 aromatic rings. The van der Waals surface area contributed by atoms with Gasteiger partial charge in [0.2, 0.25) is 10.0 Å². The number of fused-ring (bicyclic) bond motifs is 1. The molecule has 2 atom stereocenters. The molecule has 6 heteroatoms. The van der Waals surface area contributed by atoms with Crippen LogP contribution in [0.3, 0.4) is 0 Å². The van der Waals surface area contributed by atoms with Gasteiger partial charge >= 0.3 is 0 Å². The van der Waals surface area contributed by atoms with Gasteiger partial charge in [0, 0.05) is 32.2 Å². The molecule has 2 heterocycles. The maximum absolute atomic E-state index is 12.5. The molecule has 0 aliphatic carbocycles. The van der Waals surface area contributed by atoms with E-state index in [0.29, 0.717) is 30.4 Å². The van der Waals surface area contributed by atoms with Crippen molar-refractivity contribution in [1.82, 2.24) is 4.31 Å². The van der Waals surface area contributed by atoms with Crippen LogP contribution < -0.4 is 5.73 Å². The van der Waals surface area contributed by atoms with E-state index < -0.39 is 10.0 Å². The Morgan fingerprint density at radius 3 is 2.63 bits per heavy atom. The van der Waals surface area contributed by atoms with Gasteiger partial charge in [-0.3, -0.25) is 0 Å². The van der Waals surface area contributed by atoms with Crippen LogP contribution in [0.5, 0.6) is 0 Å². The van der Waals surface area contributed by atoms with Gasteiger partial charge in [-0.1, -0.05) is 12.1 Å². The summed E-state index contributed by atoms with van der Waals surface area (Å²) in [4.78, 5) is 0.338. The molecule has 0 spiro atoms. The zero-order valence-corrected chi connectivity index (χ0v) is 11.5. The molecule has 2 aliphatic rings. The van der Waals surface area contributed by atoms with E-state index in [1.165, 1.54) is 0 Å². The van der Waals surface area contributed by atoms with Crippen LogP contribution in [-0.4, -0.2) is 38.5 Å². The average molecular weight is 282 g/mol. The highest BCUT2D eigenvalue weighted by Crippen LogP contribution is 2.32. The molecule has 0 bridgehead atoms. The Labute approximate surface area is 113 Å². The molecule has 104 valence electrons. The summed E-state index contributed by atoms with van der Waals surface area (Å²) in [6.07, 6.45) is 1.04. The number of hydrogen-bond acceptors (Lipinski definition) is 4.